The van der Waals surface area contributed by atoms with Crippen LogP contribution in [-0.4, -0.2) is 38.3 Å². The van der Waals surface area contributed by atoms with Crippen molar-refractivity contribution in [2.75, 3.05) is 27.3 Å². The van der Waals surface area contributed by atoms with Gasteiger partial charge in [-0.1, -0.05) is 17.7 Å². The van der Waals surface area contributed by atoms with Crippen molar-refractivity contribution < 1.29 is 9.47 Å². The number of guanidine groups is 1. The van der Waals surface area contributed by atoms with Crippen molar-refractivity contribution in [1.29, 1.82) is 0 Å². The Morgan fingerprint density at radius 1 is 1.11 bits per heavy atom. The molecular formula is C22H32N4O2. The Balaban J connectivity index is 2.04. The van der Waals surface area contributed by atoms with E-state index in [4.69, 9.17) is 9.47 Å². The van der Waals surface area contributed by atoms with Crippen LogP contribution in [0.25, 0.3) is 0 Å². The Hall–Kier alpha value is -2.76. The molecule has 2 N–H and O–H groups in total. The molecule has 2 aromatic rings. The van der Waals surface area contributed by atoms with Gasteiger partial charge in [0, 0.05) is 30.4 Å². The minimum atomic E-state index is 0.492. The van der Waals surface area contributed by atoms with Gasteiger partial charge in [0.1, 0.15) is 11.5 Å². The minimum Gasteiger partial charge on any atom is -0.496 e. The number of methoxy groups -OCH3 is 2. The maximum absolute atomic E-state index is 5.48. The maximum atomic E-state index is 5.48. The van der Waals surface area contributed by atoms with Gasteiger partial charge in [-0.05, 0) is 45.7 Å². The molecule has 0 aliphatic rings. The van der Waals surface area contributed by atoms with Crippen LogP contribution in [0.15, 0.2) is 29.4 Å². The fourth-order valence-electron chi connectivity index (χ4n) is 3.14. The van der Waals surface area contributed by atoms with Crippen LogP contribution in [0.5, 0.6) is 11.5 Å². The molecule has 28 heavy (non-hydrogen) atoms. The SMILES string of the molecule is CCNC(=NCc1ncc(C)c(OC)c1C)NCCc1cc(C)ccc1OC. The van der Waals surface area contributed by atoms with Gasteiger partial charge in [0.2, 0.25) is 0 Å². The van der Waals surface area contributed by atoms with Crippen molar-refractivity contribution >= 4 is 5.96 Å². The molecule has 0 saturated heterocycles. The predicted molar refractivity (Wildman–Crippen MR) is 115 cm³/mol. The number of nitrogens with one attached hydrogen (secondary N) is 2. The maximum Gasteiger partial charge on any atom is 0.191 e. The molecule has 0 amide bonds. The molecule has 2 rings (SSSR count). The second-order valence-electron chi connectivity index (χ2n) is 6.73. The molecule has 0 aliphatic heterocycles. The Morgan fingerprint density at radius 2 is 1.89 bits per heavy atom. The number of hydrogen-bond donors (Lipinski definition) is 2. The first kappa shape index (κ1) is 21.5. The number of aromatic nitrogens is 1. The molecule has 1 aromatic carbocycles. The average molecular weight is 385 g/mol. The summed E-state index contributed by atoms with van der Waals surface area (Å²) in [6.07, 6.45) is 2.69. The van der Waals surface area contributed by atoms with Gasteiger partial charge in [0.05, 0.1) is 26.5 Å². The lowest BCUT2D eigenvalue weighted by Gasteiger charge is -2.14. The van der Waals surface area contributed by atoms with Gasteiger partial charge in [0.15, 0.2) is 5.96 Å². The van der Waals surface area contributed by atoms with Crippen LogP contribution in [0.4, 0.5) is 0 Å². The molecular weight excluding hydrogens is 352 g/mol. The molecule has 0 aliphatic carbocycles. The van der Waals surface area contributed by atoms with Crippen LogP contribution >= 0.6 is 0 Å². The van der Waals surface area contributed by atoms with Gasteiger partial charge in [0.25, 0.3) is 0 Å². The number of benzene rings is 1. The van der Waals surface area contributed by atoms with Crippen molar-refractivity contribution in [2.45, 2.75) is 40.7 Å². The molecule has 6 heteroatoms. The van der Waals surface area contributed by atoms with E-state index in [1.165, 1.54) is 11.1 Å². The molecule has 0 saturated carbocycles. The summed E-state index contributed by atoms with van der Waals surface area (Å²) in [4.78, 5) is 9.21. The van der Waals surface area contributed by atoms with E-state index in [9.17, 15) is 0 Å². The average Bonchev–Trinajstić information content (AvgIpc) is 2.68. The third-order valence-electron chi connectivity index (χ3n) is 4.60. The summed E-state index contributed by atoms with van der Waals surface area (Å²) in [5.74, 6) is 2.57. The smallest absolute Gasteiger partial charge is 0.191 e. The number of nitrogens with zero attached hydrogens (tertiary/aromatic N) is 2. The van der Waals surface area contributed by atoms with Crippen LogP contribution in [-0.2, 0) is 13.0 Å². The molecule has 0 fully saturated rings. The molecule has 6 nitrogen and oxygen atoms in total. The van der Waals surface area contributed by atoms with Crippen LogP contribution in [0.1, 0.15) is 34.9 Å². The predicted octanol–water partition coefficient (Wildman–Crippen LogP) is 3.32. The Kier molecular flexibility index (Phi) is 8.11. The first-order valence-corrected chi connectivity index (χ1v) is 9.64. The molecule has 0 atom stereocenters. The van der Waals surface area contributed by atoms with E-state index in [1.807, 2.05) is 26.1 Å². The van der Waals surface area contributed by atoms with Crippen LogP contribution in [0.3, 0.4) is 0 Å². The largest absolute Gasteiger partial charge is 0.496 e. The van der Waals surface area contributed by atoms with Crippen molar-refractivity contribution in [3.05, 3.63) is 52.3 Å². The third kappa shape index (κ3) is 5.62. The van der Waals surface area contributed by atoms with Crippen molar-refractivity contribution in [3.63, 3.8) is 0 Å². The molecule has 0 spiro atoms. The zero-order chi connectivity index (χ0) is 20.5. The Morgan fingerprint density at radius 3 is 2.57 bits per heavy atom. The topological polar surface area (TPSA) is 67.8 Å². The first-order chi connectivity index (χ1) is 13.5. The summed E-state index contributed by atoms with van der Waals surface area (Å²) in [5, 5.41) is 6.68. The zero-order valence-electron chi connectivity index (χ0n) is 17.8. The van der Waals surface area contributed by atoms with E-state index in [-0.39, 0.29) is 0 Å². The highest BCUT2D eigenvalue weighted by atomic mass is 16.5. The second-order valence-corrected chi connectivity index (χ2v) is 6.73. The highest BCUT2D eigenvalue weighted by Gasteiger charge is 2.09. The van der Waals surface area contributed by atoms with E-state index in [1.54, 1.807) is 14.2 Å². The van der Waals surface area contributed by atoms with Gasteiger partial charge in [-0.15, -0.1) is 0 Å². The highest BCUT2D eigenvalue weighted by molar-refractivity contribution is 5.79. The standard InChI is InChI=1S/C22H32N4O2/c1-7-23-22(24-11-10-18-12-15(2)8-9-20(18)27-5)26-14-19-17(4)21(28-6)16(3)13-25-19/h8-9,12-13H,7,10-11,14H2,1-6H3,(H2,23,24,26). The summed E-state index contributed by atoms with van der Waals surface area (Å²) < 4.78 is 10.9. The van der Waals surface area contributed by atoms with Crippen molar-refractivity contribution in [3.8, 4) is 11.5 Å². The van der Waals surface area contributed by atoms with E-state index in [0.29, 0.717) is 6.54 Å². The monoisotopic (exact) mass is 384 g/mol. The number of hydrogen-bond acceptors (Lipinski definition) is 4. The van der Waals surface area contributed by atoms with E-state index >= 15 is 0 Å². The van der Waals surface area contributed by atoms with E-state index in [0.717, 1.165) is 53.8 Å². The van der Waals surface area contributed by atoms with Crippen LogP contribution < -0.4 is 20.1 Å². The Bertz CT molecular complexity index is 818. The fourth-order valence-corrected chi connectivity index (χ4v) is 3.14. The molecule has 1 heterocycles. The van der Waals surface area contributed by atoms with Gasteiger partial charge in [-0.25, -0.2) is 4.99 Å². The van der Waals surface area contributed by atoms with Crippen LogP contribution in [0, 0.1) is 20.8 Å². The fraction of sp³-hybridized carbons (Fsp3) is 0.455. The molecule has 0 bridgehead atoms. The van der Waals surface area contributed by atoms with Crippen molar-refractivity contribution in [1.82, 2.24) is 15.6 Å². The van der Waals surface area contributed by atoms with Crippen molar-refractivity contribution in [2.24, 2.45) is 4.99 Å². The highest BCUT2D eigenvalue weighted by Crippen LogP contribution is 2.24. The summed E-state index contributed by atoms with van der Waals surface area (Å²) in [6, 6.07) is 6.24. The van der Waals surface area contributed by atoms with E-state index in [2.05, 4.69) is 46.6 Å². The normalized spacial score (nSPS) is 11.3. The summed E-state index contributed by atoms with van der Waals surface area (Å²) in [5.41, 5.74) is 5.40. The molecule has 1 aromatic heterocycles. The van der Waals surface area contributed by atoms with Gasteiger partial charge in [-0.2, -0.15) is 0 Å². The number of aliphatic imine (C=N–C) groups is 1. The number of rotatable bonds is 8. The summed E-state index contributed by atoms with van der Waals surface area (Å²) >= 11 is 0. The Labute approximate surface area is 168 Å². The lowest BCUT2D eigenvalue weighted by Crippen LogP contribution is -2.38. The number of aryl methyl sites for hydroxylation is 2. The lowest BCUT2D eigenvalue weighted by atomic mass is 10.1. The molecule has 152 valence electrons. The van der Waals surface area contributed by atoms with Gasteiger partial charge in [-0.3, -0.25) is 4.98 Å². The van der Waals surface area contributed by atoms with Crippen LogP contribution in [0.2, 0.25) is 0 Å². The quantitative estimate of drug-likeness (QED) is 0.540. The third-order valence-corrected chi connectivity index (χ3v) is 4.60. The first-order valence-electron chi connectivity index (χ1n) is 9.64. The van der Waals surface area contributed by atoms with Gasteiger partial charge >= 0.3 is 0 Å². The molecule has 0 unspecified atom stereocenters. The summed E-state index contributed by atoms with van der Waals surface area (Å²) in [7, 11) is 3.39. The van der Waals surface area contributed by atoms with E-state index < -0.39 is 0 Å². The zero-order valence-corrected chi connectivity index (χ0v) is 17.8. The summed E-state index contributed by atoms with van der Waals surface area (Å²) in [6.45, 7) is 10.2. The van der Waals surface area contributed by atoms with Gasteiger partial charge < -0.3 is 20.1 Å². The minimum absolute atomic E-state index is 0.492. The number of pyridine rings is 1. The second kappa shape index (κ2) is 10.5. The lowest BCUT2D eigenvalue weighted by molar-refractivity contribution is 0.407. The molecule has 0 radical (unpaired) electrons. The number of ether oxygens (including phenoxy) is 2.